The van der Waals surface area contributed by atoms with E-state index in [1.807, 2.05) is 231 Å². The maximum atomic E-state index is 15.6. The van der Waals surface area contributed by atoms with Crippen LogP contribution in [0, 0.1) is 5.92 Å². The number of benzene rings is 9. The molecule has 0 radical (unpaired) electrons. The Labute approximate surface area is 587 Å². The number of aliphatic carboxylic acids is 1. The Bertz CT molecular complexity index is 4030. The molecule has 0 bridgehead atoms. The number of carboxylic acid groups (broad SMARTS) is 1. The molecule has 0 aromatic heterocycles. The first-order chi connectivity index (χ1) is 48.6. The summed E-state index contributed by atoms with van der Waals surface area (Å²) in [4.78, 5) is 118. The number of carbonyl (C=O) groups excluding carboxylic acids is 7. The molecule has 0 aliphatic heterocycles. The van der Waals surface area contributed by atoms with Crippen LogP contribution in [0.2, 0.25) is 0 Å². The molecule has 512 valence electrons. The summed E-state index contributed by atoms with van der Waals surface area (Å²) in [6, 6.07) is 70.4. The molecule has 18 nitrogen and oxygen atoms in total. The van der Waals surface area contributed by atoms with Crippen LogP contribution >= 0.6 is 12.6 Å². The fourth-order valence-corrected chi connectivity index (χ4v) is 13.2. The SMILES string of the molecule is CC[C@H](C)[C@H](NC(=O)[C@H](Cc1ccc(OC)cc1)NC(=O)OCC1c2ccccc2-c2ccccc21)C(=O)N[C@@H](CCC(=O)NC(c1ccccc1)(c1ccccc1)c1ccccc1)C(=O)N[C@@H](CC(=O)NC(c1ccccc1)(c1ccccc1)c1ccccc1)C(=O)N[C@@H](CS)C(=O)O. The molecule has 100 heavy (non-hydrogen) atoms. The van der Waals surface area contributed by atoms with Gasteiger partial charge in [-0.2, -0.15) is 12.6 Å². The molecule has 0 fully saturated rings. The van der Waals surface area contributed by atoms with Crippen molar-refractivity contribution in [2.24, 2.45) is 5.92 Å². The quantitative estimate of drug-likeness (QED) is 0.0146. The van der Waals surface area contributed by atoms with Crippen LogP contribution in [-0.2, 0) is 55.8 Å². The summed E-state index contributed by atoms with van der Waals surface area (Å²) in [5.41, 5.74) is 5.99. The van der Waals surface area contributed by atoms with Crippen LogP contribution < -0.4 is 42.0 Å². The molecule has 8 N–H and O–H groups in total. The van der Waals surface area contributed by atoms with E-state index in [0.717, 1.165) is 22.3 Å². The summed E-state index contributed by atoms with van der Waals surface area (Å²) < 4.78 is 11.4. The Morgan fingerprint density at radius 3 is 1.27 bits per heavy atom. The van der Waals surface area contributed by atoms with Gasteiger partial charge < -0.3 is 51.8 Å². The topological polar surface area (TPSA) is 259 Å². The summed E-state index contributed by atoms with van der Waals surface area (Å²) in [5, 5.41) is 30.3. The van der Waals surface area contributed by atoms with E-state index in [1.165, 1.54) is 7.11 Å². The number of thiol groups is 1. The molecule has 10 rings (SSSR count). The van der Waals surface area contributed by atoms with Crippen LogP contribution in [0.1, 0.15) is 95.5 Å². The van der Waals surface area contributed by atoms with E-state index in [0.29, 0.717) is 51.1 Å². The van der Waals surface area contributed by atoms with Crippen LogP contribution in [0.5, 0.6) is 5.75 Å². The van der Waals surface area contributed by atoms with Crippen molar-refractivity contribution < 1.29 is 52.9 Å². The number of ether oxygens (including phenoxy) is 2. The molecule has 0 saturated carbocycles. The van der Waals surface area contributed by atoms with Gasteiger partial charge in [0.2, 0.25) is 35.4 Å². The summed E-state index contributed by atoms with van der Waals surface area (Å²) in [7, 11) is 1.52. The molecule has 1 aliphatic carbocycles. The third-order valence-electron chi connectivity index (χ3n) is 18.4. The molecule has 9 aromatic rings. The number of alkyl carbamates (subject to hydrolysis) is 1. The highest BCUT2D eigenvalue weighted by Gasteiger charge is 2.42. The van der Waals surface area contributed by atoms with E-state index in [2.05, 4.69) is 49.8 Å². The molecule has 0 heterocycles. The fourth-order valence-electron chi connectivity index (χ4n) is 13.0. The van der Waals surface area contributed by atoms with Crippen molar-refractivity contribution in [2.75, 3.05) is 19.5 Å². The Morgan fingerprint density at radius 1 is 0.460 bits per heavy atom. The minimum absolute atomic E-state index is 0.0553. The highest BCUT2D eigenvalue weighted by Crippen LogP contribution is 2.45. The number of rotatable bonds is 31. The van der Waals surface area contributed by atoms with Gasteiger partial charge >= 0.3 is 12.1 Å². The molecule has 0 saturated heterocycles. The number of amides is 7. The molecule has 19 heteroatoms. The normalized spacial score (nSPS) is 13.6. The monoisotopic (exact) mass is 1360 g/mol. The van der Waals surface area contributed by atoms with Crippen molar-refractivity contribution in [3.05, 3.63) is 305 Å². The second kappa shape index (κ2) is 33.8. The lowest BCUT2D eigenvalue weighted by molar-refractivity contribution is -0.142. The van der Waals surface area contributed by atoms with Crippen molar-refractivity contribution >= 4 is 60.1 Å². The third kappa shape index (κ3) is 16.8. The second-order valence-electron chi connectivity index (χ2n) is 24.7. The molecule has 6 atom stereocenters. The number of carboxylic acids is 1. The Balaban J connectivity index is 0.978. The lowest BCUT2D eigenvalue weighted by Crippen LogP contribution is -2.61. The molecule has 0 spiro atoms. The van der Waals surface area contributed by atoms with Gasteiger partial charge in [0.15, 0.2) is 0 Å². The molecule has 9 aromatic carbocycles. The first kappa shape index (κ1) is 71.5. The van der Waals surface area contributed by atoms with Crippen molar-refractivity contribution in [1.29, 1.82) is 0 Å². The van der Waals surface area contributed by atoms with Gasteiger partial charge in [-0.3, -0.25) is 28.8 Å². The van der Waals surface area contributed by atoms with Crippen molar-refractivity contribution in [2.45, 2.75) is 93.2 Å². The van der Waals surface area contributed by atoms with Crippen LogP contribution in [-0.4, -0.2) is 102 Å². The maximum Gasteiger partial charge on any atom is 0.407 e. The first-order valence-electron chi connectivity index (χ1n) is 33.3. The first-order valence-corrected chi connectivity index (χ1v) is 33.9. The van der Waals surface area contributed by atoms with E-state index in [9.17, 15) is 19.5 Å². The number of carbonyl (C=O) groups is 8. The van der Waals surface area contributed by atoms with E-state index < -0.39 is 114 Å². The molecule has 0 unspecified atom stereocenters. The lowest BCUT2D eigenvalue weighted by atomic mass is 9.77. The van der Waals surface area contributed by atoms with Gasteiger partial charge in [-0.25, -0.2) is 9.59 Å². The van der Waals surface area contributed by atoms with Crippen LogP contribution in [0.25, 0.3) is 11.1 Å². The molecular formula is C81H81N7O11S. The van der Waals surface area contributed by atoms with Gasteiger partial charge in [0, 0.05) is 24.5 Å². The highest BCUT2D eigenvalue weighted by molar-refractivity contribution is 7.80. The molecule has 7 amide bonds. The summed E-state index contributed by atoms with van der Waals surface area (Å²) in [6.07, 6.45) is -2.30. The number of hydrogen-bond acceptors (Lipinski definition) is 11. The Hall–Kier alpha value is -11.3. The van der Waals surface area contributed by atoms with Crippen molar-refractivity contribution in [1.82, 2.24) is 37.2 Å². The highest BCUT2D eigenvalue weighted by atomic mass is 32.1. The van der Waals surface area contributed by atoms with Gasteiger partial charge in [0.05, 0.1) is 13.5 Å². The number of fused-ring (bicyclic) bond motifs is 3. The van der Waals surface area contributed by atoms with Gasteiger partial charge in [0.25, 0.3) is 0 Å². The summed E-state index contributed by atoms with van der Waals surface area (Å²) in [5.74, 6) is -7.31. The second-order valence-corrected chi connectivity index (χ2v) is 25.1. The number of methoxy groups -OCH3 is 1. The largest absolute Gasteiger partial charge is 0.497 e. The van der Waals surface area contributed by atoms with E-state index >= 15 is 24.0 Å². The van der Waals surface area contributed by atoms with E-state index in [-0.39, 0.29) is 24.7 Å². The zero-order chi connectivity index (χ0) is 70.6. The maximum absolute atomic E-state index is 15.6. The number of nitrogens with one attached hydrogen (secondary N) is 7. The van der Waals surface area contributed by atoms with Gasteiger partial charge in [0.1, 0.15) is 53.6 Å². The average Bonchev–Trinajstić information content (AvgIpc) is 1.64. The van der Waals surface area contributed by atoms with Crippen LogP contribution in [0.15, 0.2) is 255 Å². The smallest absolute Gasteiger partial charge is 0.407 e. The average molecular weight is 1360 g/mol. The minimum Gasteiger partial charge on any atom is -0.497 e. The Kier molecular flexibility index (Phi) is 24.1. The predicted molar refractivity (Wildman–Crippen MR) is 386 cm³/mol. The minimum atomic E-state index is -1.84. The van der Waals surface area contributed by atoms with Crippen molar-refractivity contribution in [3.8, 4) is 16.9 Å². The van der Waals surface area contributed by atoms with Crippen molar-refractivity contribution in [3.63, 3.8) is 0 Å². The van der Waals surface area contributed by atoms with Crippen LogP contribution in [0.3, 0.4) is 0 Å². The van der Waals surface area contributed by atoms with E-state index in [4.69, 9.17) is 9.47 Å². The fraction of sp³-hybridized carbons (Fsp3) is 0.235. The summed E-state index contributed by atoms with van der Waals surface area (Å²) >= 11 is 4.19. The van der Waals surface area contributed by atoms with Gasteiger partial charge in [-0.15, -0.1) is 0 Å². The summed E-state index contributed by atoms with van der Waals surface area (Å²) in [6.45, 7) is 3.47. The predicted octanol–water partition coefficient (Wildman–Crippen LogP) is 10.5. The standard InChI is InChI=1S/C81H81N7O11S/c1-4-53(2)73(86-76(93)68(49-54-43-45-61(98-3)46-44-54)85-79(97)99-51-66-64-41-25-23-39-62(64)63-40-24-26-42-65(63)66)77(94)82-67(47-48-71(89)87-80(55-27-11-5-12-28-55,56-29-13-6-14-30-56)57-31-15-7-16-32-57)74(91)83-69(75(92)84-70(52-100)78(95)96)50-72(90)88-81(58-33-17-8-18-34-58,59-35-19-9-20-36-59)60-37-21-10-22-38-60/h5-46,53,66-70,73,100H,4,47-52H2,1-3H3,(H,82,94)(H,83,91)(H,84,92)(H,85,97)(H,86,93)(H,87,89)(H,88,90)(H,95,96)/t53-,67-,68-,69-,70-,73-/m0/s1. The van der Waals surface area contributed by atoms with Crippen LogP contribution in [0.4, 0.5) is 4.79 Å². The van der Waals surface area contributed by atoms with E-state index in [1.54, 1.807) is 38.1 Å². The zero-order valence-corrected chi connectivity index (χ0v) is 56.6. The molecular weight excluding hydrogens is 1280 g/mol. The number of hydrogen-bond donors (Lipinski definition) is 9. The van der Waals surface area contributed by atoms with Gasteiger partial charge in [-0.1, -0.05) is 263 Å². The van der Waals surface area contributed by atoms with Gasteiger partial charge in [-0.05, 0) is 85.7 Å². The molecule has 1 aliphatic rings. The zero-order valence-electron chi connectivity index (χ0n) is 55.7. The Morgan fingerprint density at radius 2 is 0.850 bits per heavy atom. The third-order valence-corrected chi connectivity index (χ3v) is 18.7. The lowest BCUT2D eigenvalue weighted by Gasteiger charge is -2.37.